The van der Waals surface area contributed by atoms with E-state index in [4.69, 9.17) is 4.74 Å². The molecule has 0 saturated heterocycles. The van der Waals surface area contributed by atoms with Crippen molar-refractivity contribution < 1.29 is 24.2 Å². The quantitative estimate of drug-likeness (QED) is 0.557. The van der Waals surface area contributed by atoms with Gasteiger partial charge in [-0.25, -0.2) is 4.79 Å². The summed E-state index contributed by atoms with van der Waals surface area (Å²) in [4.78, 5) is 37.3. The first-order valence-electron chi connectivity index (χ1n) is 12.5. The largest absolute Gasteiger partial charge is 0.481 e. The molecule has 3 N–H and O–H groups in total. The van der Waals surface area contributed by atoms with Crippen molar-refractivity contribution in [3.63, 3.8) is 0 Å². The van der Waals surface area contributed by atoms with Crippen LogP contribution in [0.5, 0.6) is 0 Å². The van der Waals surface area contributed by atoms with Gasteiger partial charge in [0.2, 0.25) is 5.91 Å². The van der Waals surface area contributed by atoms with Gasteiger partial charge in [-0.2, -0.15) is 0 Å². The van der Waals surface area contributed by atoms with E-state index >= 15 is 0 Å². The predicted molar refractivity (Wildman–Crippen MR) is 131 cm³/mol. The van der Waals surface area contributed by atoms with E-state index in [9.17, 15) is 19.5 Å². The lowest BCUT2D eigenvalue weighted by atomic mass is 9.84. The smallest absolute Gasteiger partial charge is 0.407 e. The number of fused-ring (bicyclic) bond motifs is 5. The summed E-state index contributed by atoms with van der Waals surface area (Å²) in [5, 5.41) is 15.4. The lowest BCUT2D eigenvalue weighted by Crippen LogP contribution is -2.51. The molecule has 0 heterocycles. The highest BCUT2D eigenvalue weighted by Gasteiger charge is 2.51. The highest BCUT2D eigenvalue weighted by molar-refractivity contribution is 5.82. The number of amides is 2. The van der Waals surface area contributed by atoms with Crippen molar-refractivity contribution in [2.24, 2.45) is 23.7 Å². The fourth-order valence-electron chi connectivity index (χ4n) is 6.33. The van der Waals surface area contributed by atoms with Gasteiger partial charge in [-0.1, -0.05) is 55.5 Å². The van der Waals surface area contributed by atoms with Crippen LogP contribution in [0.3, 0.4) is 0 Å². The summed E-state index contributed by atoms with van der Waals surface area (Å²) in [6.07, 6.45) is 2.18. The number of carboxylic acid groups (broad SMARTS) is 1. The number of hydrogen-bond donors (Lipinski definition) is 3. The van der Waals surface area contributed by atoms with Gasteiger partial charge in [0.1, 0.15) is 6.61 Å². The molecule has 2 bridgehead atoms. The topological polar surface area (TPSA) is 105 Å². The molecule has 2 amide bonds. The van der Waals surface area contributed by atoms with Crippen LogP contribution in [-0.2, 0) is 14.3 Å². The maximum Gasteiger partial charge on any atom is 0.407 e. The molecule has 5 rings (SSSR count). The molecular weight excluding hydrogens is 444 g/mol. The van der Waals surface area contributed by atoms with E-state index in [1.54, 1.807) is 13.8 Å². The normalized spacial score (nSPS) is 25.9. The first-order valence-corrected chi connectivity index (χ1v) is 12.5. The van der Waals surface area contributed by atoms with E-state index in [2.05, 4.69) is 34.9 Å². The molecule has 0 radical (unpaired) electrons. The zero-order chi connectivity index (χ0) is 24.7. The Morgan fingerprint density at radius 1 is 0.971 bits per heavy atom. The van der Waals surface area contributed by atoms with E-state index in [-0.39, 0.29) is 36.3 Å². The van der Waals surface area contributed by atoms with Crippen LogP contribution in [0.1, 0.15) is 50.2 Å². The number of ether oxygens (including phenoxy) is 1. The van der Waals surface area contributed by atoms with Crippen LogP contribution in [0, 0.1) is 23.7 Å². The zero-order valence-electron chi connectivity index (χ0n) is 20.1. The minimum absolute atomic E-state index is 0.0325. The number of aliphatic carboxylic acids is 1. The molecule has 2 aromatic carbocycles. The molecule has 35 heavy (non-hydrogen) atoms. The van der Waals surface area contributed by atoms with Crippen LogP contribution in [0.2, 0.25) is 0 Å². The average molecular weight is 477 g/mol. The van der Waals surface area contributed by atoms with Crippen molar-refractivity contribution in [2.75, 3.05) is 6.61 Å². The lowest BCUT2D eigenvalue weighted by molar-refractivity contribution is -0.145. The second-order valence-electron chi connectivity index (χ2n) is 10.3. The van der Waals surface area contributed by atoms with Crippen LogP contribution in [-0.4, -0.2) is 41.8 Å². The Kier molecular flexibility index (Phi) is 6.26. The molecule has 2 fully saturated rings. The first kappa shape index (κ1) is 23.4. The van der Waals surface area contributed by atoms with Gasteiger partial charge in [-0.15, -0.1) is 0 Å². The Bertz CT molecular complexity index is 1100. The van der Waals surface area contributed by atoms with Crippen molar-refractivity contribution in [3.8, 4) is 11.1 Å². The van der Waals surface area contributed by atoms with Gasteiger partial charge in [0, 0.05) is 18.0 Å². The van der Waals surface area contributed by atoms with Gasteiger partial charge in [-0.3, -0.25) is 9.59 Å². The average Bonchev–Trinajstić information content (AvgIpc) is 3.54. The van der Waals surface area contributed by atoms with Crippen LogP contribution in [0.15, 0.2) is 48.5 Å². The Balaban J connectivity index is 1.16. The molecular formula is C28H32N2O5. The number of rotatable bonds is 7. The van der Waals surface area contributed by atoms with Gasteiger partial charge in [0.15, 0.2) is 0 Å². The van der Waals surface area contributed by atoms with Gasteiger partial charge in [0.25, 0.3) is 0 Å². The minimum atomic E-state index is -0.833. The van der Waals surface area contributed by atoms with Crippen LogP contribution in [0.25, 0.3) is 11.1 Å². The molecule has 7 nitrogen and oxygen atoms in total. The number of carboxylic acids is 1. The molecule has 0 aromatic heterocycles. The van der Waals surface area contributed by atoms with Gasteiger partial charge >= 0.3 is 12.1 Å². The van der Waals surface area contributed by atoms with Gasteiger partial charge in [0.05, 0.1) is 11.8 Å². The van der Waals surface area contributed by atoms with E-state index in [1.807, 2.05) is 24.3 Å². The summed E-state index contributed by atoms with van der Waals surface area (Å²) in [6.45, 7) is 3.71. The molecule has 0 spiro atoms. The Morgan fingerprint density at radius 3 is 2.20 bits per heavy atom. The molecule has 3 aliphatic carbocycles. The SMILES string of the molecule is CC(NC(=O)OCC1c2ccccc2-c2ccccc21)C(C)C(=O)NC1C2CCC(C2)C1C(=O)O. The molecule has 7 heteroatoms. The number of carbonyl (C=O) groups is 3. The fourth-order valence-corrected chi connectivity index (χ4v) is 6.33. The summed E-state index contributed by atoms with van der Waals surface area (Å²) in [5.74, 6) is -1.77. The maximum atomic E-state index is 12.9. The minimum Gasteiger partial charge on any atom is -0.481 e. The monoisotopic (exact) mass is 476 g/mol. The third-order valence-electron chi connectivity index (χ3n) is 8.36. The number of benzene rings is 2. The highest BCUT2D eigenvalue weighted by Crippen LogP contribution is 2.48. The molecule has 2 aromatic rings. The molecule has 0 aliphatic heterocycles. The van der Waals surface area contributed by atoms with Crippen molar-refractivity contribution in [1.29, 1.82) is 0 Å². The Hall–Kier alpha value is -3.35. The first-order chi connectivity index (χ1) is 16.8. The third kappa shape index (κ3) is 4.28. The Morgan fingerprint density at radius 2 is 1.57 bits per heavy atom. The Labute approximate surface area is 205 Å². The summed E-state index contributed by atoms with van der Waals surface area (Å²) < 4.78 is 5.60. The van der Waals surface area contributed by atoms with E-state index in [0.717, 1.165) is 41.5 Å². The van der Waals surface area contributed by atoms with Gasteiger partial charge in [-0.05, 0) is 60.3 Å². The zero-order valence-corrected chi connectivity index (χ0v) is 20.1. The van der Waals surface area contributed by atoms with Crippen molar-refractivity contribution in [2.45, 2.75) is 51.1 Å². The van der Waals surface area contributed by atoms with Crippen molar-refractivity contribution in [3.05, 3.63) is 59.7 Å². The fraction of sp³-hybridized carbons (Fsp3) is 0.464. The van der Waals surface area contributed by atoms with Crippen molar-refractivity contribution in [1.82, 2.24) is 10.6 Å². The number of hydrogen-bond acceptors (Lipinski definition) is 4. The molecule has 6 unspecified atom stereocenters. The second kappa shape index (κ2) is 9.36. The molecule has 184 valence electrons. The lowest BCUT2D eigenvalue weighted by Gasteiger charge is -2.31. The van der Waals surface area contributed by atoms with Gasteiger partial charge < -0.3 is 20.5 Å². The maximum absolute atomic E-state index is 12.9. The molecule has 3 aliphatic rings. The standard InChI is InChI=1S/C28H32N2O5/c1-15(26(31)30-25-18-12-11-17(13-18)24(25)27(32)33)16(2)29-28(34)35-14-23-21-9-5-3-7-19(21)20-8-4-6-10-22(20)23/h3-10,15-18,23-25H,11-14H2,1-2H3,(H,29,34)(H,30,31)(H,32,33). The van der Waals surface area contributed by atoms with E-state index in [1.165, 1.54) is 0 Å². The third-order valence-corrected chi connectivity index (χ3v) is 8.36. The number of nitrogens with one attached hydrogen (secondary N) is 2. The summed E-state index contributed by atoms with van der Waals surface area (Å²) in [7, 11) is 0. The molecule has 2 saturated carbocycles. The second-order valence-corrected chi connectivity index (χ2v) is 10.3. The summed E-state index contributed by atoms with van der Waals surface area (Å²) in [5.41, 5.74) is 4.61. The predicted octanol–water partition coefficient (Wildman–Crippen LogP) is 4.17. The summed E-state index contributed by atoms with van der Waals surface area (Å²) in [6, 6.07) is 15.5. The number of carbonyl (C=O) groups excluding carboxylic acids is 2. The van der Waals surface area contributed by atoms with Crippen LogP contribution < -0.4 is 10.6 Å². The van der Waals surface area contributed by atoms with Crippen LogP contribution in [0.4, 0.5) is 4.79 Å². The highest BCUT2D eigenvalue weighted by atomic mass is 16.5. The van der Waals surface area contributed by atoms with Crippen LogP contribution >= 0.6 is 0 Å². The van der Waals surface area contributed by atoms with Crippen molar-refractivity contribution >= 4 is 18.0 Å². The van der Waals surface area contributed by atoms with E-state index in [0.29, 0.717) is 0 Å². The summed E-state index contributed by atoms with van der Waals surface area (Å²) >= 11 is 0. The number of alkyl carbamates (subject to hydrolysis) is 1. The van der Waals surface area contributed by atoms with E-state index < -0.39 is 29.9 Å². The molecule has 6 atom stereocenters.